The third-order valence-electron chi connectivity index (χ3n) is 3.48. The fourth-order valence-corrected chi connectivity index (χ4v) is 2.09. The van der Waals surface area contributed by atoms with Gasteiger partial charge in [-0.1, -0.05) is 6.07 Å². The zero-order valence-corrected chi connectivity index (χ0v) is 11.3. The van der Waals surface area contributed by atoms with Gasteiger partial charge in [-0.2, -0.15) is 0 Å². The minimum Gasteiger partial charge on any atom is -0.361 e. The number of carbonyl (C=O) groups is 2. The largest absolute Gasteiger partial charge is 0.361 e. The molecule has 0 spiro atoms. The number of hydrogen-bond donors (Lipinski definition) is 3. The molecule has 1 aromatic heterocycles. The smallest absolute Gasteiger partial charge is 0.251 e. The van der Waals surface area contributed by atoms with Crippen molar-refractivity contribution in [2.45, 2.75) is 31.8 Å². The second kappa shape index (κ2) is 5.00. The number of aromatic nitrogens is 1. The van der Waals surface area contributed by atoms with Gasteiger partial charge < -0.3 is 15.6 Å². The fourth-order valence-electron chi connectivity index (χ4n) is 2.09. The van der Waals surface area contributed by atoms with Gasteiger partial charge in [-0.05, 0) is 43.4 Å². The molecule has 5 heteroatoms. The standard InChI is InChI=1S/C15H17N3O2/c1-9(14(19)18-12-4-5-12)17-15(20)11-3-2-10-6-7-16-13(10)8-11/h2-3,6-9,12,16H,4-5H2,1H3,(H,17,20)(H,18,19). The van der Waals surface area contributed by atoms with Gasteiger partial charge in [0.25, 0.3) is 5.91 Å². The van der Waals surface area contributed by atoms with Crippen molar-refractivity contribution in [3.05, 3.63) is 36.0 Å². The van der Waals surface area contributed by atoms with Crippen molar-refractivity contribution in [1.82, 2.24) is 15.6 Å². The Balaban J connectivity index is 1.66. The maximum Gasteiger partial charge on any atom is 0.251 e. The van der Waals surface area contributed by atoms with E-state index in [1.165, 1.54) is 0 Å². The molecule has 3 N–H and O–H groups in total. The van der Waals surface area contributed by atoms with Crippen molar-refractivity contribution < 1.29 is 9.59 Å². The van der Waals surface area contributed by atoms with Crippen LogP contribution in [0.3, 0.4) is 0 Å². The van der Waals surface area contributed by atoms with Gasteiger partial charge in [-0.3, -0.25) is 9.59 Å². The lowest BCUT2D eigenvalue weighted by Crippen LogP contribution is -2.45. The van der Waals surface area contributed by atoms with E-state index in [9.17, 15) is 9.59 Å². The zero-order valence-electron chi connectivity index (χ0n) is 11.3. The van der Waals surface area contributed by atoms with E-state index in [4.69, 9.17) is 0 Å². The number of hydrogen-bond acceptors (Lipinski definition) is 2. The van der Waals surface area contributed by atoms with Crippen molar-refractivity contribution >= 4 is 22.7 Å². The van der Waals surface area contributed by atoms with E-state index < -0.39 is 6.04 Å². The third-order valence-corrected chi connectivity index (χ3v) is 3.48. The van der Waals surface area contributed by atoms with Crippen molar-refractivity contribution in [3.8, 4) is 0 Å². The molecule has 3 rings (SSSR count). The Kier molecular flexibility index (Phi) is 3.18. The fraction of sp³-hybridized carbons (Fsp3) is 0.333. The minimum atomic E-state index is -0.526. The van der Waals surface area contributed by atoms with Crippen LogP contribution >= 0.6 is 0 Å². The molecule has 1 saturated carbocycles. The molecule has 1 heterocycles. The summed E-state index contributed by atoms with van der Waals surface area (Å²) < 4.78 is 0. The van der Waals surface area contributed by atoms with Gasteiger partial charge in [0.15, 0.2) is 0 Å². The maximum atomic E-state index is 12.1. The predicted octanol–water partition coefficient (Wildman–Crippen LogP) is 1.56. The molecule has 1 aromatic carbocycles. The van der Waals surface area contributed by atoms with E-state index in [0.717, 1.165) is 23.7 Å². The lowest BCUT2D eigenvalue weighted by molar-refractivity contribution is -0.122. The van der Waals surface area contributed by atoms with Crippen LogP contribution in [0.25, 0.3) is 10.9 Å². The van der Waals surface area contributed by atoms with Crippen LogP contribution in [0.5, 0.6) is 0 Å². The van der Waals surface area contributed by atoms with Crippen LogP contribution in [0, 0.1) is 0 Å². The number of benzene rings is 1. The van der Waals surface area contributed by atoms with E-state index >= 15 is 0 Å². The van der Waals surface area contributed by atoms with E-state index in [1.54, 1.807) is 19.1 Å². The number of amides is 2. The van der Waals surface area contributed by atoms with Crippen LogP contribution in [-0.2, 0) is 4.79 Å². The first kappa shape index (κ1) is 12.7. The number of rotatable bonds is 4. The lowest BCUT2D eigenvalue weighted by Gasteiger charge is -2.13. The summed E-state index contributed by atoms with van der Waals surface area (Å²) in [5.41, 5.74) is 1.46. The summed E-state index contributed by atoms with van der Waals surface area (Å²) in [4.78, 5) is 27.0. The molecule has 1 unspecified atom stereocenters. The highest BCUT2D eigenvalue weighted by molar-refractivity contribution is 6.00. The molecule has 0 saturated heterocycles. The maximum absolute atomic E-state index is 12.1. The summed E-state index contributed by atoms with van der Waals surface area (Å²) in [6.07, 6.45) is 3.91. The van der Waals surface area contributed by atoms with Crippen LogP contribution in [0.2, 0.25) is 0 Å². The average Bonchev–Trinajstić information content (AvgIpc) is 3.12. The monoisotopic (exact) mass is 271 g/mol. The number of carbonyl (C=O) groups excluding carboxylic acids is 2. The lowest BCUT2D eigenvalue weighted by atomic mass is 10.1. The van der Waals surface area contributed by atoms with E-state index in [-0.39, 0.29) is 11.8 Å². The summed E-state index contributed by atoms with van der Waals surface area (Å²) in [5.74, 6) is -0.359. The van der Waals surface area contributed by atoms with Crippen LogP contribution in [0.4, 0.5) is 0 Å². The summed E-state index contributed by atoms with van der Waals surface area (Å²) in [6, 6.07) is 7.16. The first-order valence-corrected chi connectivity index (χ1v) is 6.82. The van der Waals surface area contributed by atoms with Crippen molar-refractivity contribution in [2.75, 3.05) is 0 Å². The number of H-pyrrole nitrogens is 1. The zero-order chi connectivity index (χ0) is 14.1. The Hall–Kier alpha value is -2.30. The highest BCUT2D eigenvalue weighted by atomic mass is 16.2. The van der Waals surface area contributed by atoms with E-state index in [2.05, 4.69) is 15.6 Å². The van der Waals surface area contributed by atoms with Crippen LogP contribution in [0.1, 0.15) is 30.1 Å². The van der Waals surface area contributed by atoms with Crippen molar-refractivity contribution in [1.29, 1.82) is 0 Å². The number of fused-ring (bicyclic) bond motifs is 1. The second-order valence-electron chi connectivity index (χ2n) is 5.26. The first-order valence-electron chi connectivity index (χ1n) is 6.82. The molecule has 104 valence electrons. The first-order chi connectivity index (χ1) is 9.63. The SMILES string of the molecule is CC(NC(=O)c1ccc2cc[nH]c2c1)C(=O)NC1CC1. The molecular formula is C15H17N3O2. The van der Waals surface area contributed by atoms with Gasteiger partial charge in [0, 0.05) is 23.3 Å². The van der Waals surface area contributed by atoms with Gasteiger partial charge in [0.2, 0.25) is 5.91 Å². The second-order valence-corrected chi connectivity index (χ2v) is 5.26. The Morgan fingerprint density at radius 1 is 1.30 bits per heavy atom. The van der Waals surface area contributed by atoms with Gasteiger partial charge in [0.05, 0.1) is 0 Å². The molecule has 1 aliphatic carbocycles. The molecule has 0 bridgehead atoms. The van der Waals surface area contributed by atoms with Crippen LogP contribution in [0.15, 0.2) is 30.5 Å². The highest BCUT2D eigenvalue weighted by Gasteiger charge is 2.26. The quantitative estimate of drug-likeness (QED) is 0.789. The van der Waals surface area contributed by atoms with Gasteiger partial charge in [-0.15, -0.1) is 0 Å². The van der Waals surface area contributed by atoms with E-state index in [0.29, 0.717) is 11.6 Å². The Bertz CT molecular complexity index is 658. The Morgan fingerprint density at radius 2 is 2.10 bits per heavy atom. The van der Waals surface area contributed by atoms with Gasteiger partial charge in [0.1, 0.15) is 6.04 Å². The number of nitrogens with one attached hydrogen (secondary N) is 3. The van der Waals surface area contributed by atoms with Crippen molar-refractivity contribution in [3.63, 3.8) is 0 Å². The topological polar surface area (TPSA) is 74.0 Å². The summed E-state index contributed by atoms with van der Waals surface area (Å²) >= 11 is 0. The molecule has 5 nitrogen and oxygen atoms in total. The molecule has 2 amide bonds. The van der Waals surface area contributed by atoms with Gasteiger partial charge >= 0.3 is 0 Å². The molecule has 1 fully saturated rings. The van der Waals surface area contributed by atoms with Gasteiger partial charge in [-0.25, -0.2) is 0 Å². The Morgan fingerprint density at radius 3 is 2.85 bits per heavy atom. The average molecular weight is 271 g/mol. The normalized spacial score (nSPS) is 15.8. The molecule has 20 heavy (non-hydrogen) atoms. The summed E-state index contributed by atoms with van der Waals surface area (Å²) in [7, 11) is 0. The molecule has 1 atom stereocenters. The molecule has 0 radical (unpaired) electrons. The minimum absolute atomic E-state index is 0.123. The van der Waals surface area contributed by atoms with Crippen molar-refractivity contribution in [2.24, 2.45) is 0 Å². The van der Waals surface area contributed by atoms with Crippen LogP contribution < -0.4 is 10.6 Å². The molecule has 1 aliphatic rings. The third kappa shape index (κ3) is 2.66. The van der Waals surface area contributed by atoms with Crippen LogP contribution in [-0.4, -0.2) is 28.9 Å². The molecule has 0 aliphatic heterocycles. The van der Waals surface area contributed by atoms with E-state index in [1.807, 2.05) is 18.3 Å². The molecular weight excluding hydrogens is 254 g/mol. The molecule has 2 aromatic rings. The summed E-state index contributed by atoms with van der Waals surface area (Å²) in [5, 5.41) is 6.65. The Labute approximate surface area is 116 Å². The number of aromatic amines is 1. The highest BCUT2D eigenvalue weighted by Crippen LogP contribution is 2.18. The summed E-state index contributed by atoms with van der Waals surface area (Å²) in [6.45, 7) is 1.70. The predicted molar refractivity (Wildman–Crippen MR) is 76.4 cm³/mol.